The Balaban J connectivity index is 1.71. The molecule has 4 nitrogen and oxygen atoms in total. The number of carbonyl (C=O) groups is 1. The molecule has 1 saturated heterocycles. The lowest BCUT2D eigenvalue weighted by molar-refractivity contribution is -0.119. The third-order valence-electron chi connectivity index (χ3n) is 4.53. The molecule has 4 heteroatoms. The molecule has 0 radical (unpaired) electrons. The molecule has 0 bridgehead atoms. The van der Waals surface area contributed by atoms with Crippen molar-refractivity contribution >= 4 is 5.91 Å². The van der Waals surface area contributed by atoms with Crippen LogP contribution in [0.4, 0.5) is 0 Å². The number of amides is 1. The van der Waals surface area contributed by atoms with Gasteiger partial charge < -0.3 is 14.8 Å². The summed E-state index contributed by atoms with van der Waals surface area (Å²) < 4.78 is 11.4. The first kappa shape index (κ1) is 14.4. The van der Waals surface area contributed by atoms with Gasteiger partial charge in [-0.2, -0.15) is 0 Å². The van der Waals surface area contributed by atoms with Gasteiger partial charge in [-0.05, 0) is 30.5 Å². The molecule has 1 aliphatic carbocycles. The molecule has 1 unspecified atom stereocenters. The summed E-state index contributed by atoms with van der Waals surface area (Å²) >= 11 is 0. The summed E-state index contributed by atoms with van der Waals surface area (Å²) in [6, 6.07) is 6.19. The minimum Gasteiger partial charge on any atom is -0.496 e. The number of rotatable bonds is 5. The van der Waals surface area contributed by atoms with Crippen LogP contribution in [-0.4, -0.2) is 25.7 Å². The molecule has 1 saturated carbocycles. The van der Waals surface area contributed by atoms with Gasteiger partial charge in [0.2, 0.25) is 5.91 Å². The fourth-order valence-corrected chi connectivity index (χ4v) is 3.27. The average molecular weight is 289 g/mol. The topological polar surface area (TPSA) is 47.6 Å². The molecule has 1 aromatic rings. The lowest BCUT2D eigenvalue weighted by Gasteiger charge is -2.16. The fourth-order valence-electron chi connectivity index (χ4n) is 3.27. The van der Waals surface area contributed by atoms with Crippen molar-refractivity contribution in [3.8, 4) is 5.75 Å². The zero-order valence-corrected chi connectivity index (χ0v) is 12.6. The summed E-state index contributed by atoms with van der Waals surface area (Å²) in [7, 11) is 1.69. The van der Waals surface area contributed by atoms with E-state index < -0.39 is 0 Å². The van der Waals surface area contributed by atoms with Gasteiger partial charge >= 0.3 is 0 Å². The molecule has 1 aromatic carbocycles. The van der Waals surface area contributed by atoms with Gasteiger partial charge in [0.1, 0.15) is 5.75 Å². The van der Waals surface area contributed by atoms with Gasteiger partial charge in [-0.3, -0.25) is 4.79 Å². The van der Waals surface area contributed by atoms with Crippen molar-refractivity contribution in [3.05, 3.63) is 29.3 Å². The largest absolute Gasteiger partial charge is 0.496 e. The van der Waals surface area contributed by atoms with Gasteiger partial charge in [0.25, 0.3) is 0 Å². The van der Waals surface area contributed by atoms with Crippen LogP contribution < -0.4 is 10.1 Å². The Morgan fingerprint density at radius 2 is 2.10 bits per heavy atom. The quantitative estimate of drug-likeness (QED) is 0.906. The molecule has 2 fully saturated rings. The minimum absolute atomic E-state index is 0.138. The van der Waals surface area contributed by atoms with E-state index in [9.17, 15) is 4.79 Å². The lowest BCUT2D eigenvalue weighted by atomic mass is 9.96. The molecule has 0 aromatic heterocycles. The predicted molar refractivity (Wildman–Crippen MR) is 80.4 cm³/mol. The molecular formula is C17H23NO3. The summed E-state index contributed by atoms with van der Waals surface area (Å²) in [6.45, 7) is 1.32. The highest BCUT2D eigenvalue weighted by Gasteiger charge is 2.24. The van der Waals surface area contributed by atoms with Crippen molar-refractivity contribution in [1.29, 1.82) is 0 Å². The van der Waals surface area contributed by atoms with Crippen molar-refractivity contribution in [2.75, 3.05) is 13.7 Å². The fraction of sp³-hybridized carbons (Fsp3) is 0.588. The average Bonchev–Trinajstić information content (AvgIpc) is 3.16. The van der Waals surface area contributed by atoms with E-state index in [1.54, 1.807) is 7.11 Å². The Hall–Kier alpha value is -1.55. The van der Waals surface area contributed by atoms with Crippen molar-refractivity contribution in [3.63, 3.8) is 0 Å². The van der Waals surface area contributed by atoms with E-state index in [0.717, 1.165) is 17.9 Å². The number of carbonyl (C=O) groups excluding carboxylic acids is 1. The van der Waals surface area contributed by atoms with E-state index in [1.807, 2.05) is 6.07 Å². The predicted octanol–water partition coefficient (Wildman–Crippen LogP) is 2.76. The van der Waals surface area contributed by atoms with Gasteiger partial charge in [0.05, 0.1) is 19.8 Å². The van der Waals surface area contributed by atoms with Crippen molar-refractivity contribution in [2.24, 2.45) is 0 Å². The highest BCUT2D eigenvalue weighted by molar-refractivity contribution is 5.79. The van der Waals surface area contributed by atoms with E-state index >= 15 is 0 Å². The second kappa shape index (κ2) is 6.48. The van der Waals surface area contributed by atoms with Crippen molar-refractivity contribution in [1.82, 2.24) is 5.32 Å². The van der Waals surface area contributed by atoms with Crippen LogP contribution in [0.25, 0.3) is 0 Å². The van der Waals surface area contributed by atoms with Crippen molar-refractivity contribution < 1.29 is 14.3 Å². The first-order valence-corrected chi connectivity index (χ1v) is 7.81. The van der Waals surface area contributed by atoms with Crippen molar-refractivity contribution in [2.45, 2.75) is 50.7 Å². The first-order chi connectivity index (χ1) is 10.3. The second-order valence-corrected chi connectivity index (χ2v) is 5.99. The molecule has 3 rings (SSSR count). The Morgan fingerprint density at radius 1 is 1.29 bits per heavy atom. The molecule has 1 heterocycles. The zero-order chi connectivity index (χ0) is 14.7. The van der Waals surface area contributed by atoms with Crippen LogP contribution in [-0.2, 0) is 16.1 Å². The van der Waals surface area contributed by atoms with Crippen LogP contribution in [0.15, 0.2) is 18.2 Å². The van der Waals surface area contributed by atoms with Crippen LogP contribution in [0.1, 0.15) is 49.1 Å². The number of hydrogen-bond acceptors (Lipinski definition) is 3. The second-order valence-electron chi connectivity index (χ2n) is 5.99. The monoisotopic (exact) mass is 289 g/mol. The molecule has 1 amide bonds. The number of ether oxygens (including phenoxy) is 2. The third kappa shape index (κ3) is 3.38. The Kier molecular flexibility index (Phi) is 4.44. The summed E-state index contributed by atoms with van der Waals surface area (Å²) in [5.74, 6) is 1.28. The summed E-state index contributed by atoms with van der Waals surface area (Å²) in [4.78, 5) is 11.4. The Morgan fingerprint density at radius 3 is 2.76 bits per heavy atom. The first-order valence-electron chi connectivity index (χ1n) is 7.81. The van der Waals surface area contributed by atoms with E-state index in [-0.39, 0.29) is 11.8 Å². The summed E-state index contributed by atoms with van der Waals surface area (Å²) in [5.41, 5.74) is 2.28. The van der Waals surface area contributed by atoms with Gasteiger partial charge in [0, 0.05) is 24.4 Å². The lowest BCUT2D eigenvalue weighted by Crippen LogP contribution is -2.13. The van der Waals surface area contributed by atoms with E-state index in [2.05, 4.69) is 17.4 Å². The maximum atomic E-state index is 11.4. The molecule has 114 valence electrons. The molecular weight excluding hydrogens is 266 g/mol. The molecule has 21 heavy (non-hydrogen) atoms. The van der Waals surface area contributed by atoms with Gasteiger partial charge in [-0.25, -0.2) is 0 Å². The minimum atomic E-state index is 0.138. The van der Waals surface area contributed by atoms with E-state index in [0.29, 0.717) is 19.1 Å². The van der Waals surface area contributed by atoms with Gasteiger partial charge in [0.15, 0.2) is 0 Å². The standard InChI is InChI=1S/C17H23NO3/c1-20-16-7-6-12(13-9-17(19)18-10-13)8-14(16)11-21-15-4-2-3-5-15/h6-8,13,15H,2-5,9-11H2,1H3,(H,18,19). The summed E-state index contributed by atoms with van der Waals surface area (Å²) in [6.07, 6.45) is 5.87. The molecule has 0 spiro atoms. The maximum absolute atomic E-state index is 11.4. The molecule has 1 N–H and O–H groups in total. The van der Waals surface area contributed by atoms with Crippen LogP contribution in [0.5, 0.6) is 5.75 Å². The van der Waals surface area contributed by atoms with Crippen LogP contribution in [0.2, 0.25) is 0 Å². The van der Waals surface area contributed by atoms with Crippen LogP contribution in [0, 0.1) is 0 Å². The number of methoxy groups -OCH3 is 1. The number of hydrogen-bond donors (Lipinski definition) is 1. The van der Waals surface area contributed by atoms with Gasteiger partial charge in [-0.15, -0.1) is 0 Å². The highest BCUT2D eigenvalue weighted by Crippen LogP contribution is 2.30. The van der Waals surface area contributed by atoms with E-state index in [1.165, 1.54) is 31.2 Å². The SMILES string of the molecule is COc1ccc(C2CNC(=O)C2)cc1COC1CCCC1. The van der Waals surface area contributed by atoms with Gasteiger partial charge in [-0.1, -0.05) is 18.9 Å². The number of nitrogens with one attached hydrogen (secondary N) is 1. The summed E-state index contributed by atoms with van der Waals surface area (Å²) in [5, 5.41) is 2.89. The number of benzene rings is 1. The third-order valence-corrected chi connectivity index (χ3v) is 4.53. The highest BCUT2D eigenvalue weighted by atomic mass is 16.5. The molecule has 1 atom stereocenters. The molecule has 2 aliphatic rings. The van der Waals surface area contributed by atoms with Crippen LogP contribution >= 0.6 is 0 Å². The van der Waals surface area contributed by atoms with Crippen LogP contribution in [0.3, 0.4) is 0 Å². The Bertz CT molecular complexity index is 509. The smallest absolute Gasteiger partial charge is 0.220 e. The van der Waals surface area contributed by atoms with E-state index in [4.69, 9.17) is 9.47 Å². The zero-order valence-electron chi connectivity index (χ0n) is 12.6. The Labute approximate surface area is 125 Å². The normalized spacial score (nSPS) is 22.5. The molecule has 1 aliphatic heterocycles. The maximum Gasteiger partial charge on any atom is 0.220 e.